The van der Waals surface area contributed by atoms with Gasteiger partial charge in [-0.1, -0.05) is 112 Å². The van der Waals surface area contributed by atoms with Gasteiger partial charge in [0.05, 0.1) is 6.04 Å². The molecule has 2 aliphatic rings. The van der Waals surface area contributed by atoms with E-state index in [2.05, 4.69) is 22.9 Å². The number of ketones is 1. The fraction of sp³-hybridized carbons (Fsp3) is 0.667. The van der Waals surface area contributed by atoms with Crippen LogP contribution in [0.2, 0.25) is 0 Å². The highest BCUT2D eigenvalue weighted by Crippen LogP contribution is 2.29. The number of hydrogen-bond acceptors (Lipinski definition) is 7. The van der Waals surface area contributed by atoms with Gasteiger partial charge in [0.2, 0.25) is 17.6 Å². The van der Waals surface area contributed by atoms with Crippen molar-refractivity contribution in [2.24, 2.45) is 28.9 Å². The third kappa shape index (κ3) is 12.9. The van der Waals surface area contributed by atoms with Crippen molar-refractivity contribution < 1.29 is 33.5 Å². The smallest absolute Gasteiger partial charge is 0.329 e. The molecule has 3 rings (SSSR count). The zero-order valence-electron chi connectivity index (χ0n) is 30.6. The SMILES string of the molecule is CC.CC(NC(=O)[C@@H]1C(C)CCN1C(=O)C(NC(=O)NC(C(=O)OCc1ccccc1)C(C)C)C(C)(C)C)C(=O)C(N)=O.CC1CCC1. The van der Waals surface area contributed by atoms with Crippen LogP contribution in [0.3, 0.4) is 0 Å². The largest absolute Gasteiger partial charge is 0.459 e. The summed E-state index contributed by atoms with van der Waals surface area (Å²) < 4.78 is 5.41. The minimum atomic E-state index is -1.17. The Balaban J connectivity index is 0.00000147. The Hall–Kier alpha value is -3.96. The number of carbonyl (C=O) groups is 6. The summed E-state index contributed by atoms with van der Waals surface area (Å²) in [5, 5.41) is 7.81. The molecular formula is C36H59N5O7. The second-order valence-electron chi connectivity index (χ2n) is 14.0. The lowest BCUT2D eigenvalue weighted by molar-refractivity contribution is -0.148. The Kier molecular flexibility index (Phi) is 17.3. The molecule has 5 amide bonds. The summed E-state index contributed by atoms with van der Waals surface area (Å²) in [5.41, 5.74) is 5.08. The second kappa shape index (κ2) is 19.8. The summed E-state index contributed by atoms with van der Waals surface area (Å²) >= 11 is 0. The monoisotopic (exact) mass is 673 g/mol. The zero-order valence-corrected chi connectivity index (χ0v) is 30.6. The molecule has 12 heteroatoms. The molecule has 4 unspecified atom stereocenters. The molecule has 1 heterocycles. The maximum absolute atomic E-state index is 13.8. The van der Waals surface area contributed by atoms with E-state index in [4.69, 9.17) is 10.5 Å². The van der Waals surface area contributed by atoms with E-state index in [0.29, 0.717) is 6.42 Å². The molecule has 0 bridgehead atoms. The molecule has 1 aromatic rings. The first-order valence-electron chi connectivity index (χ1n) is 17.2. The van der Waals surface area contributed by atoms with Gasteiger partial charge >= 0.3 is 12.0 Å². The van der Waals surface area contributed by atoms with Crippen LogP contribution in [0.25, 0.3) is 0 Å². The van der Waals surface area contributed by atoms with Crippen LogP contribution in [0.4, 0.5) is 4.79 Å². The van der Waals surface area contributed by atoms with Crippen LogP contribution in [0.5, 0.6) is 0 Å². The summed E-state index contributed by atoms with van der Waals surface area (Å²) in [6.07, 6.45) is 4.98. The molecule has 0 radical (unpaired) electrons. The number of likely N-dealkylation sites (tertiary alicyclic amines) is 1. The average molecular weight is 674 g/mol. The van der Waals surface area contributed by atoms with Crippen LogP contribution >= 0.6 is 0 Å². The van der Waals surface area contributed by atoms with E-state index in [0.717, 1.165) is 11.5 Å². The Morgan fingerprint density at radius 3 is 1.94 bits per heavy atom. The molecule has 0 aromatic heterocycles. The molecule has 1 aliphatic heterocycles. The van der Waals surface area contributed by atoms with Crippen molar-refractivity contribution in [2.75, 3.05) is 6.54 Å². The molecule has 2 fully saturated rings. The van der Waals surface area contributed by atoms with Gasteiger partial charge in [0.1, 0.15) is 24.7 Å². The van der Waals surface area contributed by atoms with Gasteiger partial charge in [0.25, 0.3) is 5.91 Å². The van der Waals surface area contributed by atoms with E-state index in [1.165, 1.54) is 31.1 Å². The van der Waals surface area contributed by atoms with Crippen molar-refractivity contribution in [3.8, 4) is 0 Å². The number of nitrogens with zero attached hydrogens (tertiary/aromatic N) is 1. The molecule has 48 heavy (non-hydrogen) atoms. The van der Waals surface area contributed by atoms with Crippen molar-refractivity contribution in [1.82, 2.24) is 20.9 Å². The first-order chi connectivity index (χ1) is 22.4. The Morgan fingerprint density at radius 1 is 0.917 bits per heavy atom. The number of hydrogen-bond donors (Lipinski definition) is 4. The van der Waals surface area contributed by atoms with E-state index >= 15 is 0 Å². The van der Waals surface area contributed by atoms with Crippen LogP contribution in [-0.4, -0.2) is 71.1 Å². The Labute approximate surface area is 286 Å². The molecule has 12 nitrogen and oxygen atoms in total. The van der Waals surface area contributed by atoms with Crippen molar-refractivity contribution in [3.63, 3.8) is 0 Å². The summed E-state index contributed by atoms with van der Waals surface area (Å²) in [6.45, 7) is 18.6. The molecule has 0 spiro atoms. The van der Waals surface area contributed by atoms with E-state index in [1.54, 1.807) is 41.5 Å². The maximum Gasteiger partial charge on any atom is 0.329 e. The quantitative estimate of drug-likeness (QED) is 0.202. The minimum Gasteiger partial charge on any atom is -0.459 e. The Morgan fingerprint density at radius 2 is 1.48 bits per heavy atom. The molecule has 1 saturated carbocycles. The fourth-order valence-corrected chi connectivity index (χ4v) is 5.23. The number of rotatable bonds is 11. The predicted octanol–water partition coefficient (Wildman–Crippen LogP) is 4.10. The molecule has 1 saturated heterocycles. The van der Waals surface area contributed by atoms with Crippen molar-refractivity contribution in [1.29, 1.82) is 0 Å². The van der Waals surface area contributed by atoms with Gasteiger partial charge in [-0.15, -0.1) is 0 Å². The molecular weight excluding hydrogens is 614 g/mol. The molecule has 5 N–H and O–H groups in total. The number of nitrogens with one attached hydrogen (secondary N) is 3. The summed E-state index contributed by atoms with van der Waals surface area (Å²) in [4.78, 5) is 77.3. The predicted molar refractivity (Wildman–Crippen MR) is 185 cm³/mol. The lowest BCUT2D eigenvalue weighted by Gasteiger charge is -2.36. The van der Waals surface area contributed by atoms with Gasteiger partial charge in [-0.25, -0.2) is 9.59 Å². The van der Waals surface area contributed by atoms with Crippen LogP contribution in [0, 0.1) is 23.2 Å². The van der Waals surface area contributed by atoms with Gasteiger partial charge < -0.3 is 31.3 Å². The van der Waals surface area contributed by atoms with Gasteiger partial charge in [0.15, 0.2) is 0 Å². The van der Waals surface area contributed by atoms with Gasteiger partial charge in [-0.05, 0) is 42.1 Å². The number of nitrogens with two attached hydrogens (primary N) is 1. The number of ether oxygens (including phenoxy) is 1. The van der Waals surface area contributed by atoms with Crippen LogP contribution < -0.4 is 21.7 Å². The van der Waals surface area contributed by atoms with Crippen LogP contribution in [0.15, 0.2) is 30.3 Å². The van der Waals surface area contributed by atoms with Gasteiger partial charge in [0, 0.05) is 6.54 Å². The zero-order chi connectivity index (χ0) is 36.8. The number of Topliss-reactive ketones (excluding diaryl/α,β-unsaturated/α-hetero) is 1. The van der Waals surface area contributed by atoms with Crippen LogP contribution in [0.1, 0.15) is 100 Å². The number of esters is 1. The number of primary amides is 1. The van der Waals surface area contributed by atoms with E-state index < -0.39 is 65.1 Å². The van der Waals surface area contributed by atoms with E-state index in [-0.39, 0.29) is 25.0 Å². The standard InChI is InChI=1S/C29H43N5O7.C5H10.C2H6/c1-16(2)20(27(39)41-15-19-11-9-8-10-12-19)32-28(40)33-23(29(5,6)7)26(38)34-14-13-17(3)21(34)25(37)31-18(4)22(35)24(30)36;1-5-3-2-4-5;1-2/h8-12,16-18,20-21,23H,13-15H2,1-7H3,(H2,30,36)(H,31,37)(H2,32,33,40);5H,2-4H2,1H3;1-2H3/t17?,18?,20?,21-,23?;;/m0../s1. The van der Waals surface area contributed by atoms with Gasteiger partial charge in [-0.3, -0.25) is 19.2 Å². The van der Waals surface area contributed by atoms with Crippen molar-refractivity contribution in [3.05, 3.63) is 35.9 Å². The first-order valence-corrected chi connectivity index (χ1v) is 17.2. The third-order valence-corrected chi connectivity index (χ3v) is 8.46. The Bertz CT molecular complexity index is 1230. The van der Waals surface area contributed by atoms with E-state index in [9.17, 15) is 28.8 Å². The molecule has 270 valence electrons. The third-order valence-electron chi connectivity index (χ3n) is 8.46. The maximum atomic E-state index is 13.8. The number of amides is 5. The molecule has 1 aliphatic carbocycles. The lowest BCUT2D eigenvalue weighted by Crippen LogP contribution is -2.61. The summed E-state index contributed by atoms with van der Waals surface area (Å²) in [6, 6.07) is 4.32. The first kappa shape index (κ1) is 42.1. The van der Waals surface area contributed by atoms with E-state index in [1.807, 2.05) is 44.2 Å². The summed E-state index contributed by atoms with van der Waals surface area (Å²) in [5.74, 6) is -3.29. The fourth-order valence-electron chi connectivity index (χ4n) is 5.23. The lowest BCUT2D eigenvalue weighted by atomic mass is 9.85. The average Bonchev–Trinajstić information content (AvgIpc) is 3.41. The molecule has 5 atom stereocenters. The molecule has 1 aromatic carbocycles. The highest BCUT2D eigenvalue weighted by atomic mass is 16.5. The van der Waals surface area contributed by atoms with Crippen molar-refractivity contribution >= 4 is 35.5 Å². The second-order valence-corrected chi connectivity index (χ2v) is 14.0. The normalized spacial score (nSPS) is 19.1. The van der Waals surface area contributed by atoms with Crippen LogP contribution in [-0.2, 0) is 35.3 Å². The minimum absolute atomic E-state index is 0.0511. The highest BCUT2D eigenvalue weighted by molar-refractivity contribution is 6.37. The van der Waals surface area contributed by atoms with Crippen molar-refractivity contribution in [2.45, 2.75) is 126 Å². The number of carbonyl (C=O) groups excluding carboxylic acids is 6. The summed E-state index contributed by atoms with van der Waals surface area (Å²) in [7, 11) is 0. The number of benzene rings is 1. The highest BCUT2D eigenvalue weighted by Gasteiger charge is 2.45. The topological polar surface area (TPSA) is 177 Å². The number of urea groups is 1. The van der Waals surface area contributed by atoms with Gasteiger partial charge in [-0.2, -0.15) is 0 Å².